The van der Waals surface area contributed by atoms with E-state index in [1.807, 2.05) is 24.3 Å². The molecule has 1 saturated heterocycles. The van der Waals surface area contributed by atoms with Crippen LogP contribution >= 0.6 is 0 Å². The third-order valence-corrected chi connectivity index (χ3v) is 4.12. The predicted molar refractivity (Wildman–Crippen MR) is 74.8 cm³/mol. The molecule has 1 atom stereocenters. The van der Waals surface area contributed by atoms with E-state index < -0.39 is 5.97 Å². The summed E-state index contributed by atoms with van der Waals surface area (Å²) in [4.78, 5) is 25.1. The zero-order chi connectivity index (χ0) is 14.1. The largest absolute Gasteiger partial charge is 0.481 e. The van der Waals surface area contributed by atoms with E-state index >= 15 is 0 Å². The van der Waals surface area contributed by atoms with Gasteiger partial charge in [-0.3, -0.25) is 9.59 Å². The Kier molecular flexibility index (Phi) is 3.44. The molecule has 106 valence electrons. The monoisotopic (exact) mass is 274 g/mol. The maximum Gasteiger partial charge on any atom is 0.304 e. The summed E-state index contributed by atoms with van der Waals surface area (Å²) in [5.41, 5.74) is 1.87. The van der Waals surface area contributed by atoms with Gasteiger partial charge >= 0.3 is 5.97 Å². The lowest BCUT2D eigenvalue weighted by atomic mass is 9.98. The summed E-state index contributed by atoms with van der Waals surface area (Å²) in [7, 11) is 0. The molecule has 1 unspecified atom stereocenters. The SMILES string of the molecule is O=C(O)CC1CN(C(=O)CC2CNC2)c2ccccc21. The van der Waals surface area contributed by atoms with Crippen LogP contribution in [0.1, 0.15) is 24.3 Å². The van der Waals surface area contributed by atoms with Gasteiger partial charge in [0.1, 0.15) is 0 Å². The van der Waals surface area contributed by atoms with Crippen molar-refractivity contribution in [1.29, 1.82) is 0 Å². The number of rotatable bonds is 4. The van der Waals surface area contributed by atoms with Crippen LogP contribution in [0.25, 0.3) is 0 Å². The van der Waals surface area contributed by atoms with Crippen LogP contribution in [0.2, 0.25) is 0 Å². The molecule has 1 aromatic carbocycles. The molecule has 1 aromatic rings. The van der Waals surface area contributed by atoms with Gasteiger partial charge in [-0.25, -0.2) is 0 Å². The first-order valence-electron chi connectivity index (χ1n) is 6.97. The topological polar surface area (TPSA) is 69.6 Å². The van der Waals surface area contributed by atoms with Crippen molar-refractivity contribution in [2.45, 2.75) is 18.8 Å². The van der Waals surface area contributed by atoms with E-state index in [1.165, 1.54) is 0 Å². The molecule has 2 aliphatic rings. The number of hydrogen-bond donors (Lipinski definition) is 2. The molecule has 0 saturated carbocycles. The highest BCUT2D eigenvalue weighted by Crippen LogP contribution is 2.38. The quantitative estimate of drug-likeness (QED) is 0.865. The zero-order valence-corrected chi connectivity index (χ0v) is 11.2. The minimum absolute atomic E-state index is 0.0752. The Morgan fingerprint density at radius 3 is 2.65 bits per heavy atom. The van der Waals surface area contributed by atoms with Gasteiger partial charge in [-0.2, -0.15) is 0 Å². The first-order chi connectivity index (χ1) is 9.65. The van der Waals surface area contributed by atoms with Gasteiger partial charge < -0.3 is 15.3 Å². The average Bonchev–Trinajstić information content (AvgIpc) is 2.72. The number of fused-ring (bicyclic) bond motifs is 1. The van der Waals surface area contributed by atoms with Crippen LogP contribution in [-0.4, -0.2) is 36.6 Å². The number of benzene rings is 1. The number of hydrogen-bond acceptors (Lipinski definition) is 3. The summed E-state index contributed by atoms with van der Waals surface area (Å²) in [6.45, 7) is 2.30. The highest BCUT2D eigenvalue weighted by Gasteiger charge is 2.34. The van der Waals surface area contributed by atoms with Crippen molar-refractivity contribution >= 4 is 17.6 Å². The molecule has 0 aliphatic carbocycles. The second-order valence-electron chi connectivity index (χ2n) is 5.59. The fourth-order valence-corrected chi connectivity index (χ4v) is 2.97. The molecular formula is C15H18N2O3. The minimum Gasteiger partial charge on any atom is -0.481 e. The van der Waals surface area contributed by atoms with Crippen molar-refractivity contribution in [1.82, 2.24) is 5.32 Å². The molecule has 3 rings (SSSR count). The fraction of sp³-hybridized carbons (Fsp3) is 0.467. The van der Waals surface area contributed by atoms with Gasteiger partial charge in [0, 0.05) is 24.6 Å². The molecule has 5 heteroatoms. The smallest absolute Gasteiger partial charge is 0.304 e. The summed E-state index contributed by atoms with van der Waals surface area (Å²) in [5.74, 6) is -0.375. The zero-order valence-electron chi connectivity index (χ0n) is 11.2. The van der Waals surface area contributed by atoms with Crippen molar-refractivity contribution in [3.05, 3.63) is 29.8 Å². The Morgan fingerprint density at radius 2 is 2.00 bits per heavy atom. The molecule has 5 nitrogen and oxygen atoms in total. The lowest BCUT2D eigenvalue weighted by Crippen LogP contribution is -2.45. The Labute approximate surface area is 117 Å². The number of amides is 1. The van der Waals surface area contributed by atoms with Crippen molar-refractivity contribution in [2.24, 2.45) is 5.92 Å². The molecule has 20 heavy (non-hydrogen) atoms. The fourth-order valence-electron chi connectivity index (χ4n) is 2.97. The van der Waals surface area contributed by atoms with E-state index in [-0.39, 0.29) is 18.2 Å². The summed E-state index contributed by atoms with van der Waals surface area (Å²) < 4.78 is 0. The number of aliphatic carboxylic acids is 1. The first-order valence-corrected chi connectivity index (χ1v) is 6.97. The molecule has 2 heterocycles. The van der Waals surface area contributed by atoms with Gasteiger partial charge in [-0.05, 0) is 30.6 Å². The van der Waals surface area contributed by atoms with Crippen LogP contribution < -0.4 is 10.2 Å². The molecule has 2 N–H and O–H groups in total. The van der Waals surface area contributed by atoms with E-state index in [1.54, 1.807) is 4.90 Å². The number of carboxylic acids is 1. The molecule has 0 radical (unpaired) electrons. The predicted octanol–water partition coefficient (Wildman–Crippen LogP) is 1.20. The molecule has 1 amide bonds. The third-order valence-electron chi connectivity index (χ3n) is 4.12. The van der Waals surface area contributed by atoms with Crippen LogP contribution in [0, 0.1) is 5.92 Å². The normalized spacial score (nSPS) is 21.4. The first kappa shape index (κ1) is 13.1. The molecular weight excluding hydrogens is 256 g/mol. The van der Waals surface area contributed by atoms with Crippen molar-refractivity contribution in [2.75, 3.05) is 24.5 Å². The van der Waals surface area contributed by atoms with Crippen molar-refractivity contribution in [3.8, 4) is 0 Å². The summed E-state index contributed by atoms with van der Waals surface area (Å²) in [6, 6.07) is 7.64. The van der Waals surface area contributed by atoms with E-state index in [2.05, 4.69) is 5.32 Å². The lowest BCUT2D eigenvalue weighted by Gasteiger charge is -2.28. The van der Waals surface area contributed by atoms with Gasteiger partial charge in [0.15, 0.2) is 0 Å². The Hall–Kier alpha value is -1.88. The summed E-state index contributed by atoms with van der Waals surface area (Å²) >= 11 is 0. The average molecular weight is 274 g/mol. The van der Waals surface area contributed by atoms with Gasteiger partial charge in [0.2, 0.25) is 5.91 Å². The number of nitrogens with one attached hydrogen (secondary N) is 1. The number of carboxylic acid groups (broad SMARTS) is 1. The van der Waals surface area contributed by atoms with E-state index in [0.29, 0.717) is 18.9 Å². The van der Waals surface area contributed by atoms with Crippen LogP contribution in [-0.2, 0) is 9.59 Å². The highest BCUT2D eigenvalue weighted by atomic mass is 16.4. The molecule has 2 aliphatic heterocycles. The van der Waals surface area contributed by atoms with Gasteiger partial charge in [-0.15, -0.1) is 0 Å². The van der Waals surface area contributed by atoms with Crippen LogP contribution in [0.5, 0.6) is 0 Å². The standard InChI is InChI=1S/C15H18N2O3/c18-14(5-10-7-16-8-10)17-9-11(6-15(19)20)12-3-1-2-4-13(12)17/h1-4,10-11,16H,5-9H2,(H,19,20). The lowest BCUT2D eigenvalue weighted by molar-refractivity contribution is -0.137. The van der Waals surface area contributed by atoms with Crippen LogP contribution in [0.3, 0.4) is 0 Å². The number of carbonyl (C=O) groups is 2. The van der Waals surface area contributed by atoms with E-state index in [4.69, 9.17) is 5.11 Å². The Bertz CT molecular complexity index is 540. The van der Waals surface area contributed by atoms with Gasteiger partial charge in [0.25, 0.3) is 0 Å². The van der Waals surface area contributed by atoms with Gasteiger partial charge in [0.05, 0.1) is 6.42 Å². The van der Waals surface area contributed by atoms with E-state index in [9.17, 15) is 9.59 Å². The second kappa shape index (κ2) is 5.25. The third kappa shape index (κ3) is 2.41. The van der Waals surface area contributed by atoms with Crippen LogP contribution in [0.15, 0.2) is 24.3 Å². The highest BCUT2D eigenvalue weighted by molar-refractivity contribution is 5.96. The summed E-state index contributed by atoms with van der Waals surface area (Å²) in [6.07, 6.45) is 0.618. The second-order valence-corrected chi connectivity index (χ2v) is 5.59. The van der Waals surface area contributed by atoms with E-state index in [0.717, 1.165) is 24.3 Å². The number of para-hydroxylation sites is 1. The summed E-state index contributed by atoms with van der Waals surface area (Å²) in [5, 5.41) is 12.2. The molecule has 0 spiro atoms. The number of nitrogens with zero attached hydrogens (tertiary/aromatic N) is 1. The van der Waals surface area contributed by atoms with Gasteiger partial charge in [-0.1, -0.05) is 18.2 Å². The Balaban J connectivity index is 1.78. The number of anilines is 1. The van der Waals surface area contributed by atoms with Crippen molar-refractivity contribution in [3.63, 3.8) is 0 Å². The number of carbonyl (C=O) groups excluding carboxylic acids is 1. The molecule has 0 aromatic heterocycles. The molecule has 0 bridgehead atoms. The maximum atomic E-state index is 12.4. The maximum absolute atomic E-state index is 12.4. The van der Waals surface area contributed by atoms with Crippen molar-refractivity contribution < 1.29 is 14.7 Å². The van der Waals surface area contributed by atoms with Crippen LogP contribution in [0.4, 0.5) is 5.69 Å². The Morgan fingerprint density at radius 1 is 1.25 bits per heavy atom. The molecule has 1 fully saturated rings. The minimum atomic E-state index is -0.817.